The first kappa shape index (κ1) is 16.1. The number of anilines is 2. The second-order valence-electron chi connectivity index (χ2n) is 4.31. The van der Waals surface area contributed by atoms with Crippen molar-refractivity contribution in [3.05, 3.63) is 33.3 Å². The molecule has 1 heterocycles. The fraction of sp³-hybridized carbons (Fsp3) is 0.182. The minimum Gasteiger partial charge on any atom is -0.395 e. The summed E-state index contributed by atoms with van der Waals surface area (Å²) in [6, 6.07) is 0.991. The monoisotopic (exact) mass is 396 g/mol. The number of rotatable bonds is 3. The van der Waals surface area contributed by atoms with Crippen LogP contribution in [0.15, 0.2) is 21.6 Å². The third kappa shape index (κ3) is 2.99. The molecule has 0 unspecified atom stereocenters. The number of aromatic nitrogens is 2. The van der Waals surface area contributed by atoms with Crippen LogP contribution in [0, 0.1) is 12.7 Å². The minimum atomic E-state index is -4.18. The van der Waals surface area contributed by atoms with Crippen LogP contribution >= 0.6 is 27.5 Å². The van der Waals surface area contributed by atoms with Gasteiger partial charge in [0.05, 0.1) is 26.6 Å². The Morgan fingerprint density at radius 1 is 1.52 bits per heavy atom. The van der Waals surface area contributed by atoms with Crippen molar-refractivity contribution in [2.45, 2.75) is 11.8 Å². The highest BCUT2D eigenvalue weighted by Crippen LogP contribution is 2.35. The molecule has 10 heteroatoms. The standard InChI is InChI=1S/C11H11BrClFN4O2S/c1-5-7(4-18(2)16-5)17-21(19,20)8-3-6(13)9(12)11(15)10(8)14/h3-4,17H,15H2,1-2H3. The average Bonchev–Trinajstić information content (AvgIpc) is 2.68. The maximum Gasteiger partial charge on any atom is 0.265 e. The topological polar surface area (TPSA) is 90.0 Å². The molecule has 2 aromatic rings. The van der Waals surface area contributed by atoms with Crippen molar-refractivity contribution in [1.29, 1.82) is 0 Å². The fourth-order valence-corrected chi connectivity index (χ4v) is 3.48. The number of sulfonamides is 1. The van der Waals surface area contributed by atoms with Gasteiger partial charge in [0, 0.05) is 13.2 Å². The summed E-state index contributed by atoms with van der Waals surface area (Å²) < 4.78 is 42.5. The van der Waals surface area contributed by atoms with Gasteiger partial charge in [-0.3, -0.25) is 9.40 Å². The lowest BCUT2D eigenvalue weighted by Crippen LogP contribution is -2.16. The van der Waals surface area contributed by atoms with Crippen LogP contribution in [0.25, 0.3) is 0 Å². The smallest absolute Gasteiger partial charge is 0.265 e. The van der Waals surface area contributed by atoms with Gasteiger partial charge < -0.3 is 5.73 Å². The number of nitrogens with zero attached hydrogens (tertiary/aromatic N) is 2. The molecule has 0 bridgehead atoms. The van der Waals surface area contributed by atoms with Crippen molar-refractivity contribution >= 4 is 48.9 Å². The Morgan fingerprint density at radius 3 is 2.67 bits per heavy atom. The average molecular weight is 398 g/mol. The summed E-state index contributed by atoms with van der Waals surface area (Å²) in [5, 5.41) is 4.00. The van der Waals surface area contributed by atoms with E-state index in [9.17, 15) is 12.8 Å². The number of aryl methyl sites for hydroxylation is 2. The number of nitrogens with two attached hydrogens (primary N) is 1. The highest BCUT2D eigenvalue weighted by Gasteiger charge is 2.25. The van der Waals surface area contributed by atoms with Crippen molar-refractivity contribution in [3.8, 4) is 0 Å². The van der Waals surface area contributed by atoms with Crippen LogP contribution in [0.3, 0.4) is 0 Å². The zero-order chi connectivity index (χ0) is 15.9. The van der Waals surface area contributed by atoms with Gasteiger partial charge in [-0.1, -0.05) is 11.6 Å². The normalized spacial score (nSPS) is 11.7. The van der Waals surface area contributed by atoms with Gasteiger partial charge in [-0.2, -0.15) is 5.10 Å². The first-order valence-corrected chi connectivity index (χ1v) is 8.25. The van der Waals surface area contributed by atoms with Gasteiger partial charge in [-0.15, -0.1) is 0 Å². The molecular formula is C11H11BrClFN4O2S. The summed E-state index contributed by atoms with van der Waals surface area (Å²) in [4.78, 5) is -0.628. The number of benzene rings is 1. The molecule has 0 radical (unpaired) electrons. The molecule has 2 rings (SSSR count). The lowest BCUT2D eigenvalue weighted by molar-refractivity contribution is 0.572. The Labute approximate surface area is 134 Å². The van der Waals surface area contributed by atoms with Gasteiger partial charge in [0.15, 0.2) is 5.82 Å². The first-order valence-electron chi connectivity index (χ1n) is 5.59. The van der Waals surface area contributed by atoms with Crippen molar-refractivity contribution in [2.75, 3.05) is 10.5 Å². The van der Waals surface area contributed by atoms with E-state index in [1.807, 2.05) is 0 Å². The molecule has 0 atom stereocenters. The predicted octanol–water partition coefficient (Wildman–Crippen LogP) is 2.67. The molecule has 114 valence electrons. The molecule has 0 amide bonds. The molecule has 0 fully saturated rings. The molecular weight excluding hydrogens is 387 g/mol. The molecule has 0 saturated heterocycles. The lowest BCUT2D eigenvalue weighted by atomic mass is 10.3. The molecule has 0 aliphatic rings. The lowest BCUT2D eigenvalue weighted by Gasteiger charge is -2.11. The van der Waals surface area contributed by atoms with Gasteiger partial charge in [-0.25, -0.2) is 12.8 Å². The van der Waals surface area contributed by atoms with Crippen LogP contribution in [0.2, 0.25) is 5.02 Å². The zero-order valence-electron chi connectivity index (χ0n) is 11.0. The number of hydrogen-bond donors (Lipinski definition) is 2. The molecule has 0 aliphatic heterocycles. The number of halogens is 3. The molecule has 3 N–H and O–H groups in total. The van der Waals surface area contributed by atoms with Crippen LogP contribution in [-0.2, 0) is 17.1 Å². The van der Waals surface area contributed by atoms with Crippen LogP contribution < -0.4 is 10.5 Å². The summed E-state index contributed by atoms with van der Waals surface area (Å²) >= 11 is 8.82. The minimum absolute atomic E-state index is 0.00261. The molecule has 1 aromatic carbocycles. The van der Waals surface area contributed by atoms with Crippen LogP contribution in [0.5, 0.6) is 0 Å². The van der Waals surface area contributed by atoms with E-state index in [4.69, 9.17) is 17.3 Å². The maximum atomic E-state index is 14.1. The summed E-state index contributed by atoms with van der Waals surface area (Å²) in [5.41, 5.74) is 5.82. The third-order valence-corrected chi connectivity index (χ3v) is 5.45. The quantitative estimate of drug-likeness (QED) is 0.615. The molecule has 0 aliphatic carbocycles. The Morgan fingerprint density at radius 2 is 2.14 bits per heavy atom. The zero-order valence-corrected chi connectivity index (χ0v) is 14.1. The van der Waals surface area contributed by atoms with Crippen molar-refractivity contribution in [2.24, 2.45) is 7.05 Å². The predicted molar refractivity (Wildman–Crippen MR) is 82.3 cm³/mol. The molecule has 1 aromatic heterocycles. The van der Waals surface area contributed by atoms with Gasteiger partial charge in [-0.05, 0) is 28.9 Å². The van der Waals surface area contributed by atoms with E-state index in [0.29, 0.717) is 5.69 Å². The number of nitrogen functional groups attached to an aromatic ring is 1. The van der Waals surface area contributed by atoms with Gasteiger partial charge in [0.2, 0.25) is 0 Å². The largest absolute Gasteiger partial charge is 0.395 e. The van der Waals surface area contributed by atoms with E-state index < -0.39 is 20.7 Å². The summed E-state index contributed by atoms with van der Waals surface area (Å²) in [7, 11) is -2.54. The van der Waals surface area contributed by atoms with Crippen LogP contribution in [0.1, 0.15) is 5.69 Å². The first-order chi connectivity index (χ1) is 9.63. The van der Waals surface area contributed by atoms with Crippen LogP contribution in [0.4, 0.5) is 15.8 Å². The van der Waals surface area contributed by atoms with Gasteiger partial charge in [0.25, 0.3) is 10.0 Å². The molecule has 6 nitrogen and oxygen atoms in total. The third-order valence-electron chi connectivity index (χ3n) is 2.70. The summed E-state index contributed by atoms with van der Waals surface area (Å²) in [5.74, 6) is -1.07. The maximum absolute atomic E-state index is 14.1. The van der Waals surface area contributed by atoms with E-state index in [2.05, 4.69) is 25.8 Å². The fourth-order valence-electron chi connectivity index (χ4n) is 1.69. The summed E-state index contributed by atoms with van der Waals surface area (Å²) in [6.45, 7) is 1.62. The van der Waals surface area contributed by atoms with E-state index in [-0.39, 0.29) is 20.9 Å². The molecule has 21 heavy (non-hydrogen) atoms. The van der Waals surface area contributed by atoms with Crippen molar-refractivity contribution in [3.63, 3.8) is 0 Å². The van der Waals surface area contributed by atoms with Crippen molar-refractivity contribution < 1.29 is 12.8 Å². The Kier molecular flexibility index (Phi) is 4.18. The van der Waals surface area contributed by atoms with E-state index in [1.165, 1.54) is 10.9 Å². The Bertz CT molecular complexity index is 822. The van der Waals surface area contributed by atoms with Crippen molar-refractivity contribution in [1.82, 2.24) is 9.78 Å². The SMILES string of the molecule is Cc1nn(C)cc1NS(=O)(=O)c1cc(Cl)c(Br)c(N)c1F. The van der Waals surface area contributed by atoms with Gasteiger partial charge >= 0.3 is 0 Å². The number of hydrogen-bond acceptors (Lipinski definition) is 4. The summed E-state index contributed by atoms with van der Waals surface area (Å²) in [6.07, 6.45) is 1.47. The Hall–Kier alpha value is -1.32. The molecule has 0 spiro atoms. The highest BCUT2D eigenvalue weighted by molar-refractivity contribution is 9.10. The Balaban J connectivity index is 2.53. The highest BCUT2D eigenvalue weighted by atomic mass is 79.9. The second kappa shape index (κ2) is 5.47. The molecule has 0 saturated carbocycles. The van der Waals surface area contributed by atoms with E-state index in [1.54, 1.807) is 14.0 Å². The van der Waals surface area contributed by atoms with E-state index >= 15 is 0 Å². The van der Waals surface area contributed by atoms with Gasteiger partial charge in [0.1, 0.15) is 4.90 Å². The number of nitrogens with one attached hydrogen (secondary N) is 1. The second-order valence-corrected chi connectivity index (χ2v) is 7.16. The van der Waals surface area contributed by atoms with Crippen LogP contribution in [-0.4, -0.2) is 18.2 Å². The van der Waals surface area contributed by atoms with E-state index in [0.717, 1.165) is 6.07 Å².